The highest BCUT2D eigenvalue weighted by Crippen LogP contribution is 2.12. The van der Waals surface area contributed by atoms with E-state index < -0.39 is 10.0 Å². The molecule has 0 unspecified atom stereocenters. The Hall–Kier alpha value is -1.25. The predicted molar refractivity (Wildman–Crippen MR) is 78.9 cm³/mol. The molecule has 6 nitrogen and oxygen atoms in total. The van der Waals surface area contributed by atoms with Gasteiger partial charge in [-0.05, 0) is 24.1 Å². The van der Waals surface area contributed by atoms with E-state index in [2.05, 4.69) is 31.0 Å². The van der Waals surface area contributed by atoms with E-state index >= 15 is 0 Å². The average Bonchev–Trinajstić information content (AvgIpc) is 2.97. The van der Waals surface area contributed by atoms with Crippen LogP contribution in [-0.2, 0) is 21.9 Å². The second kappa shape index (κ2) is 6.96. The number of nitrogens with one attached hydrogen (secondary N) is 1. The van der Waals surface area contributed by atoms with Crippen molar-refractivity contribution in [3.05, 3.63) is 42.2 Å². The number of sulfonamides is 1. The van der Waals surface area contributed by atoms with Gasteiger partial charge in [0.25, 0.3) is 0 Å². The summed E-state index contributed by atoms with van der Waals surface area (Å²) in [5.41, 5.74) is 1.04. The van der Waals surface area contributed by atoms with Crippen molar-refractivity contribution in [3.63, 3.8) is 0 Å². The highest BCUT2D eigenvalue weighted by atomic mass is 79.9. The van der Waals surface area contributed by atoms with Crippen LogP contribution in [0.25, 0.3) is 0 Å². The normalized spacial score (nSPS) is 11.7. The van der Waals surface area contributed by atoms with Crippen molar-refractivity contribution in [1.82, 2.24) is 19.7 Å². The molecule has 0 fully saturated rings. The zero-order valence-corrected chi connectivity index (χ0v) is 13.1. The summed E-state index contributed by atoms with van der Waals surface area (Å²) in [6, 6.07) is 6.80. The number of aromatic nitrogens is 3. The van der Waals surface area contributed by atoms with Crippen LogP contribution in [0.15, 0.2) is 41.6 Å². The molecule has 8 heteroatoms. The summed E-state index contributed by atoms with van der Waals surface area (Å²) in [7, 11) is -3.44. The van der Waals surface area contributed by atoms with Crippen LogP contribution in [0.4, 0.5) is 0 Å². The lowest BCUT2D eigenvalue weighted by Gasteiger charge is -2.07. The number of hydrogen-bond donors (Lipinski definition) is 1. The summed E-state index contributed by atoms with van der Waals surface area (Å²) in [5.74, 6) is 0. The third-order valence-electron chi connectivity index (χ3n) is 2.72. The van der Waals surface area contributed by atoms with Crippen LogP contribution in [0, 0.1) is 0 Å². The average molecular weight is 359 g/mol. The van der Waals surface area contributed by atoms with E-state index in [1.54, 1.807) is 41.3 Å². The van der Waals surface area contributed by atoms with Gasteiger partial charge >= 0.3 is 0 Å². The van der Waals surface area contributed by atoms with Crippen molar-refractivity contribution < 1.29 is 8.42 Å². The van der Waals surface area contributed by atoms with Gasteiger partial charge in [-0.2, -0.15) is 0 Å². The van der Waals surface area contributed by atoms with Crippen molar-refractivity contribution in [1.29, 1.82) is 0 Å². The van der Waals surface area contributed by atoms with Gasteiger partial charge in [0.05, 0.1) is 11.1 Å². The lowest BCUT2D eigenvalue weighted by molar-refractivity contribution is 0.542. The molecule has 108 valence electrons. The first-order valence-electron chi connectivity index (χ1n) is 6.10. The first-order chi connectivity index (χ1) is 9.62. The van der Waals surface area contributed by atoms with Gasteiger partial charge in [0.15, 0.2) is 0 Å². The van der Waals surface area contributed by atoms with E-state index in [1.165, 1.54) is 0 Å². The smallest absolute Gasteiger partial charge is 0.240 e. The summed E-state index contributed by atoms with van der Waals surface area (Å²) in [5, 5.41) is 8.20. The van der Waals surface area contributed by atoms with Crippen molar-refractivity contribution in [3.8, 4) is 0 Å². The fraction of sp³-hybridized carbons (Fsp3) is 0.333. The number of benzene rings is 1. The van der Waals surface area contributed by atoms with Gasteiger partial charge in [0.1, 0.15) is 0 Å². The van der Waals surface area contributed by atoms with Gasteiger partial charge in [0, 0.05) is 24.6 Å². The molecule has 1 heterocycles. The second-order valence-corrected chi connectivity index (χ2v) is 6.52. The second-order valence-electron chi connectivity index (χ2n) is 4.20. The van der Waals surface area contributed by atoms with E-state index in [0.29, 0.717) is 24.8 Å². The molecule has 0 amide bonds. The molecular weight excluding hydrogens is 344 g/mol. The predicted octanol–water partition coefficient (Wildman–Crippen LogP) is 1.54. The van der Waals surface area contributed by atoms with Gasteiger partial charge < -0.3 is 0 Å². The van der Waals surface area contributed by atoms with E-state index in [1.807, 2.05) is 0 Å². The van der Waals surface area contributed by atoms with E-state index in [9.17, 15) is 8.42 Å². The van der Waals surface area contributed by atoms with Gasteiger partial charge in [-0.25, -0.2) is 13.1 Å². The van der Waals surface area contributed by atoms with Gasteiger partial charge in [0.2, 0.25) is 10.0 Å². The first-order valence-corrected chi connectivity index (χ1v) is 8.71. The maximum Gasteiger partial charge on any atom is 0.240 e. The standard InChI is InChI=1S/C12H15BrN4O2S/c13-10-11-2-4-12(5-3-11)20(18,19)15-6-1-8-17-9-7-14-16-17/h2-5,7,9,15H,1,6,8,10H2. The Labute approximate surface area is 126 Å². The van der Waals surface area contributed by atoms with Crippen LogP contribution in [-0.4, -0.2) is 30.0 Å². The molecule has 0 aliphatic carbocycles. The molecule has 0 saturated heterocycles. The van der Waals surface area contributed by atoms with E-state index in [4.69, 9.17) is 0 Å². The molecule has 0 saturated carbocycles. The van der Waals surface area contributed by atoms with Crippen LogP contribution in [0.2, 0.25) is 0 Å². The minimum absolute atomic E-state index is 0.281. The number of rotatable bonds is 7. The molecule has 2 rings (SSSR count). The molecule has 0 atom stereocenters. The van der Waals surface area contributed by atoms with Crippen molar-refractivity contribution in [2.24, 2.45) is 0 Å². The number of nitrogens with zero attached hydrogens (tertiary/aromatic N) is 3. The van der Waals surface area contributed by atoms with Crippen molar-refractivity contribution in [2.45, 2.75) is 23.2 Å². The summed E-state index contributed by atoms with van der Waals surface area (Å²) in [4.78, 5) is 0.281. The number of aryl methyl sites for hydroxylation is 1. The maximum absolute atomic E-state index is 12.0. The molecule has 0 radical (unpaired) electrons. The van der Waals surface area contributed by atoms with Gasteiger partial charge in [-0.15, -0.1) is 5.10 Å². The Bertz CT molecular complexity index is 626. The molecule has 1 N–H and O–H groups in total. The Morgan fingerprint density at radius 1 is 1.25 bits per heavy atom. The summed E-state index contributed by atoms with van der Waals surface area (Å²) < 4.78 is 28.3. The van der Waals surface area contributed by atoms with Crippen LogP contribution >= 0.6 is 15.9 Å². The number of hydrogen-bond acceptors (Lipinski definition) is 4. The molecule has 1 aromatic heterocycles. The van der Waals surface area contributed by atoms with Crippen LogP contribution in [0.1, 0.15) is 12.0 Å². The Morgan fingerprint density at radius 3 is 2.60 bits per heavy atom. The van der Waals surface area contributed by atoms with Gasteiger partial charge in [-0.1, -0.05) is 33.3 Å². The Kier molecular flexibility index (Phi) is 5.27. The Balaban J connectivity index is 1.86. The van der Waals surface area contributed by atoms with E-state index in [0.717, 1.165) is 5.56 Å². The number of halogens is 1. The van der Waals surface area contributed by atoms with Crippen LogP contribution < -0.4 is 4.72 Å². The molecule has 0 aliphatic heterocycles. The molecule has 0 spiro atoms. The highest BCUT2D eigenvalue weighted by Gasteiger charge is 2.12. The zero-order chi connectivity index (χ0) is 14.4. The molecule has 20 heavy (non-hydrogen) atoms. The highest BCUT2D eigenvalue weighted by molar-refractivity contribution is 9.08. The molecule has 0 bridgehead atoms. The minimum atomic E-state index is -3.44. The third kappa shape index (κ3) is 4.12. The largest absolute Gasteiger partial charge is 0.253 e. The van der Waals surface area contributed by atoms with E-state index in [-0.39, 0.29) is 4.90 Å². The SMILES string of the molecule is O=S(=O)(NCCCn1ccnn1)c1ccc(CBr)cc1. The van der Waals surface area contributed by atoms with Gasteiger partial charge in [-0.3, -0.25) is 4.68 Å². The fourth-order valence-electron chi connectivity index (χ4n) is 1.64. The minimum Gasteiger partial charge on any atom is -0.253 e. The molecule has 2 aromatic rings. The summed E-state index contributed by atoms with van der Waals surface area (Å²) in [6.07, 6.45) is 3.99. The summed E-state index contributed by atoms with van der Waals surface area (Å²) >= 11 is 3.32. The monoisotopic (exact) mass is 358 g/mol. The zero-order valence-electron chi connectivity index (χ0n) is 10.7. The maximum atomic E-state index is 12.0. The third-order valence-corrected chi connectivity index (χ3v) is 4.84. The quantitative estimate of drug-likeness (QED) is 0.601. The molecule has 1 aromatic carbocycles. The van der Waals surface area contributed by atoms with Crippen molar-refractivity contribution >= 4 is 26.0 Å². The molecular formula is C12H15BrN4O2S. The first kappa shape index (κ1) is 15.1. The lowest BCUT2D eigenvalue weighted by atomic mass is 10.2. The fourth-order valence-corrected chi connectivity index (χ4v) is 3.09. The number of alkyl halides is 1. The Morgan fingerprint density at radius 2 is 2.00 bits per heavy atom. The lowest BCUT2D eigenvalue weighted by Crippen LogP contribution is -2.25. The van der Waals surface area contributed by atoms with Crippen LogP contribution in [0.3, 0.4) is 0 Å². The van der Waals surface area contributed by atoms with Crippen LogP contribution in [0.5, 0.6) is 0 Å². The topological polar surface area (TPSA) is 76.9 Å². The summed E-state index contributed by atoms with van der Waals surface area (Å²) in [6.45, 7) is 0.993. The van der Waals surface area contributed by atoms with Crippen molar-refractivity contribution in [2.75, 3.05) is 6.54 Å². The molecule has 0 aliphatic rings.